The highest BCUT2D eigenvalue weighted by molar-refractivity contribution is 5.21. The van der Waals surface area contributed by atoms with Crippen molar-refractivity contribution in [3.63, 3.8) is 0 Å². The lowest BCUT2D eigenvalue weighted by molar-refractivity contribution is -0.113. The Hall–Kier alpha value is -1.37. The number of hydrogen-bond donors (Lipinski definition) is 0. The van der Waals surface area contributed by atoms with Crippen LogP contribution in [-0.2, 0) is 11.8 Å². The molecule has 4 nitrogen and oxygen atoms in total. The molecule has 0 radical (unpaired) electrons. The Morgan fingerprint density at radius 3 is 2.50 bits per heavy atom. The molecule has 106 valence electrons. The quantitative estimate of drug-likeness (QED) is 0.827. The third-order valence-electron chi connectivity index (χ3n) is 5.80. The highest BCUT2D eigenvalue weighted by atomic mass is 16.5. The van der Waals surface area contributed by atoms with Crippen LogP contribution < -0.4 is 0 Å². The lowest BCUT2D eigenvalue weighted by Gasteiger charge is -2.64. The molecule has 0 aliphatic heterocycles. The van der Waals surface area contributed by atoms with Crippen molar-refractivity contribution in [1.29, 1.82) is 5.26 Å². The Morgan fingerprint density at radius 1 is 1.20 bits per heavy atom. The Labute approximate surface area is 119 Å². The van der Waals surface area contributed by atoms with E-state index in [1.165, 1.54) is 38.5 Å². The van der Waals surface area contributed by atoms with Crippen LogP contribution in [0.25, 0.3) is 0 Å². The molecule has 5 rings (SSSR count). The summed E-state index contributed by atoms with van der Waals surface area (Å²) in [6.07, 6.45) is 7.90. The largest absolute Gasteiger partial charge is 0.338 e. The summed E-state index contributed by atoms with van der Waals surface area (Å²) in [4.78, 5) is 4.55. The lowest BCUT2D eigenvalue weighted by Crippen LogP contribution is -2.57. The highest BCUT2D eigenvalue weighted by Crippen LogP contribution is 2.69. The zero-order chi connectivity index (χ0) is 14.0. The maximum atomic E-state index is 8.77. The van der Waals surface area contributed by atoms with Gasteiger partial charge in [0.1, 0.15) is 6.42 Å². The van der Waals surface area contributed by atoms with Gasteiger partial charge >= 0.3 is 0 Å². The molecular formula is C16H21N3O. The maximum Gasteiger partial charge on any atom is 0.240 e. The van der Waals surface area contributed by atoms with Crippen molar-refractivity contribution in [1.82, 2.24) is 10.1 Å². The van der Waals surface area contributed by atoms with Crippen molar-refractivity contribution >= 4 is 0 Å². The van der Waals surface area contributed by atoms with E-state index < -0.39 is 0 Å². The minimum Gasteiger partial charge on any atom is -0.338 e. The molecule has 0 amide bonds. The standard InChI is InChI=1S/C16H21N3O/c1-14-5-11-6-15(2,8-14)10-16(7-11,9-14)13-18-12(3-4-17)20-19-13/h11H,3,5-10H2,1-2H3. The summed E-state index contributed by atoms with van der Waals surface area (Å²) < 4.78 is 5.28. The Balaban J connectivity index is 1.74. The van der Waals surface area contributed by atoms with Crippen molar-refractivity contribution in [2.24, 2.45) is 16.7 Å². The van der Waals surface area contributed by atoms with Gasteiger partial charge in [0.05, 0.1) is 6.07 Å². The number of rotatable bonds is 2. The van der Waals surface area contributed by atoms with Crippen molar-refractivity contribution in [3.05, 3.63) is 11.7 Å². The molecule has 1 aromatic heterocycles. The average Bonchev–Trinajstić information content (AvgIpc) is 2.73. The van der Waals surface area contributed by atoms with Crippen LogP contribution in [0.5, 0.6) is 0 Å². The smallest absolute Gasteiger partial charge is 0.240 e. The number of hydrogen-bond acceptors (Lipinski definition) is 4. The molecule has 0 spiro atoms. The van der Waals surface area contributed by atoms with Crippen molar-refractivity contribution in [2.75, 3.05) is 0 Å². The molecule has 20 heavy (non-hydrogen) atoms. The Kier molecular flexibility index (Phi) is 2.25. The van der Waals surface area contributed by atoms with Crippen LogP contribution >= 0.6 is 0 Å². The number of nitrogens with zero attached hydrogens (tertiary/aromatic N) is 3. The first-order valence-electron chi connectivity index (χ1n) is 7.64. The minimum absolute atomic E-state index is 0.111. The average molecular weight is 271 g/mol. The summed E-state index contributed by atoms with van der Waals surface area (Å²) in [5.74, 6) is 2.18. The van der Waals surface area contributed by atoms with Gasteiger partial charge in [-0.25, -0.2) is 0 Å². The van der Waals surface area contributed by atoms with Gasteiger partial charge in [-0.2, -0.15) is 10.2 Å². The van der Waals surface area contributed by atoms with Crippen LogP contribution in [0, 0.1) is 28.1 Å². The van der Waals surface area contributed by atoms with E-state index in [0.29, 0.717) is 16.7 Å². The van der Waals surface area contributed by atoms with Gasteiger partial charge in [-0.05, 0) is 55.3 Å². The Bertz CT molecular complexity index is 581. The normalized spacial score (nSPS) is 45.5. The van der Waals surface area contributed by atoms with Gasteiger partial charge in [-0.1, -0.05) is 19.0 Å². The van der Waals surface area contributed by atoms with Gasteiger partial charge in [-0.15, -0.1) is 0 Å². The first kappa shape index (κ1) is 12.4. The summed E-state index contributed by atoms with van der Waals surface area (Å²) in [7, 11) is 0. The molecule has 1 aromatic rings. The van der Waals surface area contributed by atoms with E-state index in [4.69, 9.17) is 9.78 Å². The third-order valence-corrected chi connectivity index (χ3v) is 5.80. The van der Waals surface area contributed by atoms with Gasteiger partial charge in [0.15, 0.2) is 5.82 Å². The first-order valence-corrected chi connectivity index (χ1v) is 7.64. The fourth-order valence-corrected chi connectivity index (χ4v) is 6.31. The molecule has 1 heterocycles. The zero-order valence-corrected chi connectivity index (χ0v) is 12.3. The molecule has 4 saturated carbocycles. The van der Waals surface area contributed by atoms with Crippen LogP contribution in [0.15, 0.2) is 4.52 Å². The fourth-order valence-electron chi connectivity index (χ4n) is 6.31. The third kappa shape index (κ3) is 1.65. The molecule has 0 aromatic carbocycles. The van der Waals surface area contributed by atoms with Crippen LogP contribution in [0.1, 0.15) is 64.1 Å². The van der Waals surface area contributed by atoms with E-state index in [1.54, 1.807) is 0 Å². The summed E-state index contributed by atoms with van der Waals surface area (Å²) in [6.45, 7) is 4.89. The van der Waals surface area contributed by atoms with Gasteiger partial charge in [0.25, 0.3) is 0 Å². The van der Waals surface area contributed by atoms with E-state index in [2.05, 4.69) is 30.1 Å². The molecule has 4 heteroatoms. The molecular weight excluding hydrogens is 250 g/mol. The molecule has 4 fully saturated rings. The predicted octanol–water partition coefficient (Wildman–Crippen LogP) is 3.38. The summed E-state index contributed by atoms with van der Waals surface area (Å²) in [5, 5.41) is 13.0. The highest BCUT2D eigenvalue weighted by Gasteiger charge is 2.62. The number of aromatic nitrogens is 2. The minimum atomic E-state index is 0.111. The van der Waals surface area contributed by atoms with E-state index in [1.807, 2.05) is 0 Å². The monoisotopic (exact) mass is 271 g/mol. The Morgan fingerprint density at radius 2 is 1.90 bits per heavy atom. The lowest BCUT2D eigenvalue weighted by atomic mass is 9.40. The van der Waals surface area contributed by atoms with Crippen molar-refractivity contribution < 1.29 is 4.52 Å². The second-order valence-electron chi connectivity index (χ2n) is 8.26. The first-order chi connectivity index (χ1) is 9.44. The van der Waals surface area contributed by atoms with E-state index >= 15 is 0 Å². The van der Waals surface area contributed by atoms with Crippen LogP contribution in [0.4, 0.5) is 0 Å². The van der Waals surface area contributed by atoms with Crippen LogP contribution in [-0.4, -0.2) is 10.1 Å². The second kappa shape index (κ2) is 3.63. The molecule has 0 saturated heterocycles. The van der Waals surface area contributed by atoms with Crippen molar-refractivity contribution in [3.8, 4) is 6.07 Å². The topological polar surface area (TPSA) is 62.7 Å². The molecule has 2 atom stereocenters. The molecule has 0 N–H and O–H groups in total. The zero-order valence-electron chi connectivity index (χ0n) is 12.3. The molecule has 4 aliphatic carbocycles. The van der Waals surface area contributed by atoms with E-state index in [9.17, 15) is 0 Å². The van der Waals surface area contributed by atoms with Crippen LogP contribution in [0.3, 0.4) is 0 Å². The summed E-state index contributed by atoms with van der Waals surface area (Å²) >= 11 is 0. The van der Waals surface area contributed by atoms with Gasteiger partial charge in [0.2, 0.25) is 5.89 Å². The van der Waals surface area contributed by atoms with E-state index in [0.717, 1.165) is 11.7 Å². The number of nitriles is 1. The van der Waals surface area contributed by atoms with Gasteiger partial charge < -0.3 is 4.52 Å². The van der Waals surface area contributed by atoms with Crippen molar-refractivity contribution in [2.45, 2.75) is 64.2 Å². The molecule has 4 bridgehead atoms. The predicted molar refractivity (Wildman–Crippen MR) is 72.7 cm³/mol. The maximum absolute atomic E-state index is 8.77. The SMILES string of the molecule is CC12CC3CC(C)(C1)CC(c1noc(CC#N)n1)(C3)C2. The second-order valence-corrected chi connectivity index (χ2v) is 8.26. The van der Waals surface area contributed by atoms with E-state index in [-0.39, 0.29) is 11.8 Å². The molecule has 4 aliphatic rings. The summed E-state index contributed by atoms with van der Waals surface area (Å²) in [6, 6.07) is 2.09. The van der Waals surface area contributed by atoms with Gasteiger partial charge in [-0.3, -0.25) is 0 Å². The fraction of sp³-hybridized carbons (Fsp3) is 0.812. The molecule has 2 unspecified atom stereocenters. The van der Waals surface area contributed by atoms with Gasteiger partial charge in [0, 0.05) is 5.41 Å². The van der Waals surface area contributed by atoms with Crippen LogP contribution in [0.2, 0.25) is 0 Å². The summed E-state index contributed by atoms with van der Waals surface area (Å²) in [5.41, 5.74) is 1.01.